The molecule has 0 atom stereocenters. The zero-order valence-electron chi connectivity index (χ0n) is 18.6. The third-order valence-corrected chi connectivity index (χ3v) is 5.86. The molecule has 10 heteroatoms. The molecule has 2 heterocycles. The Labute approximate surface area is 200 Å². The third-order valence-electron chi connectivity index (χ3n) is 4.90. The normalized spacial score (nSPS) is 10.6. The summed E-state index contributed by atoms with van der Waals surface area (Å²) in [6, 6.07) is 17.8. The first kappa shape index (κ1) is 23.1. The van der Waals surface area contributed by atoms with Crippen LogP contribution in [0.2, 0.25) is 0 Å². The highest BCUT2D eigenvalue weighted by molar-refractivity contribution is 7.99. The van der Waals surface area contributed by atoms with Crippen molar-refractivity contribution in [1.82, 2.24) is 14.8 Å². The largest absolute Gasteiger partial charge is 0.496 e. The molecule has 1 amide bonds. The molecule has 2 aromatic heterocycles. The Hall–Kier alpha value is -4.05. The van der Waals surface area contributed by atoms with Gasteiger partial charge >= 0.3 is 5.97 Å². The number of benzene rings is 2. The van der Waals surface area contributed by atoms with E-state index in [2.05, 4.69) is 15.5 Å². The predicted octanol–water partition coefficient (Wildman–Crippen LogP) is 4.11. The summed E-state index contributed by atoms with van der Waals surface area (Å²) in [6.45, 7) is 0.377. The van der Waals surface area contributed by atoms with Crippen LogP contribution in [0.25, 0.3) is 11.4 Å². The van der Waals surface area contributed by atoms with Crippen LogP contribution in [-0.4, -0.2) is 46.6 Å². The van der Waals surface area contributed by atoms with Gasteiger partial charge in [0, 0.05) is 0 Å². The molecule has 2 aromatic carbocycles. The van der Waals surface area contributed by atoms with Crippen molar-refractivity contribution in [2.75, 3.05) is 25.3 Å². The summed E-state index contributed by atoms with van der Waals surface area (Å²) in [6.07, 6.45) is 1.60. The van der Waals surface area contributed by atoms with Gasteiger partial charge in [0.2, 0.25) is 5.91 Å². The second-order valence-electron chi connectivity index (χ2n) is 7.05. The van der Waals surface area contributed by atoms with Crippen molar-refractivity contribution in [2.45, 2.75) is 11.7 Å². The highest BCUT2D eigenvalue weighted by Gasteiger charge is 2.20. The summed E-state index contributed by atoms with van der Waals surface area (Å²) in [7, 11) is 2.89. The summed E-state index contributed by atoms with van der Waals surface area (Å²) in [5.41, 5.74) is 1.43. The van der Waals surface area contributed by atoms with E-state index in [1.54, 1.807) is 37.6 Å². The SMILES string of the molecule is COC(=O)c1ccccc1NC(=O)CSc1nnc(-c2ccccc2OC)n1Cc1ccco1. The Balaban J connectivity index is 1.56. The van der Waals surface area contributed by atoms with Gasteiger partial charge in [-0.15, -0.1) is 10.2 Å². The van der Waals surface area contributed by atoms with Crippen molar-refractivity contribution in [1.29, 1.82) is 0 Å². The Bertz CT molecular complexity index is 1290. The van der Waals surface area contributed by atoms with Gasteiger partial charge in [-0.1, -0.05) is 36.0 Å². The second-order valence-corrected chi connectivity index (χ2v) is 7.99. The average Bonchev–Trinajstić information content (AvgIpc) is 3.53. The number of hydrogen-bond acceptors (Lipinski definition) is 8. The number of esters is 1. The maximum absolute atomic E-state index is 12.7. The number of aromatic nitrogens is 3. The number of rotatable bonds is 9. The number of carbonyl (C=O) groups excluding carboxylic acids is 2. The highest BCUT2D eigenvalue weighted by Crippen LogP contribution is 2.31. The van der Waals surface area contributed by atoms with E-state index in [4.69, 9.17) is 13.9 Å². The van der Waals surface area contributed by atoms with E-state index in [9.17, 15) is 9.59 Å². The van der Waals surface area contributed by atoms with E-state index < -0.39 is 5.97 Å². The van der Waals surface area contributed by atoms with Gasteiger partial charge in [0.1, 0.15) is 11.5 Å². The van der Waals surface area contributed by atoms with Crippen LogP contribution in [-0.2, 0) is 16.1 Å². The van der Waals surface area contributed by atoms with Crippen LogP contribution >= 0.6 is 11.8 Å². The highest BCUT2D eigenvalue weighted by atomic mass is 32.2. The fraction of sp³-hybridized carbons (Fsp3) is 0.167. The maximum atomic E-state index is 12.7. The molecule has 0 radical (unpaired) electrons. The number of carbonyl (C=O) groups is 2. The zero-order valence-corrected chi connectivity index (χ0v) is 19.4. The predicted molar refractivity (Wildman–Crippen MR) is 127 cm³/mol. The number of thioether (sulfide) groups is 1. The molecule has 0 aliphatic heterocycles. The van der Waals surface area contributed by atoms with E-state index in [0.29, 0.717) is 34.7 Å². The van der Waals surface area contributed by atoms with Crippen LogP contribution in [0, 0.1) is 0 Å². The number of ether oxygens (including phenoxy) is 2. The molecule has 9 nitrogen and oxygen atoms in total. The second kappa shape index (κ2) is 10.7. The Morgan fingerprint density at radius 3 is 2.59 bits per heavy atom. The van der Waals surface area contributed by atoms with Crippen molar-refractivity contribution in [3.63, 3.8) is 0 Å². The van der Waals surface area contributed by atoms with E-state index in [-0.39, 0.29) is 17.2 Å². The van der Waals surface area contributed by atoms with Crippen molar-refractivity contribution < 1.29 is 23.5 Å². The van der Waals surface area contributed by atoms with Crippen LogP contribution < -0.4 is 10.1 Å². The molecule has 0 spiro atoms. The Kier molecular flexibility index (Phi) is 7.28. The smallest absolute Gasteiger partial charge is 0.339 e. The molecule has 174 valence electrons. The van der Waals surface area contributed by atoms with E-state index >= 15 is 0 Å². The number of nitrogens with zero attached hydrogens (tertiary/aromatic N) is 3. The molecule has 0 aliphatic rings. The quantitative estimate of drug-likeness (QED) is 0.283. The molecule has 0 fully saturated rings. The van der Waals surface area contributed by atoms with Crippen LogP contribution in [0.15, 0.2) is 76.5 Å². The molecule has 0 unspecified atom stereocenters. The van der Waals surface area contributed by atoms with Crippen molar-refractivity contribution in [3.05, 3.63) is 78.3 Å². The lowest BCUT2D eigenvalue weighted by Crippen LogP contribution is -2.17. The monoisotopic (exact) mass is 478 g/mol. The summed E-state index contributed by atoms with van der Waals surface area (Å²) < 4.78 is 17.7. The van der Waals surface area contributed by atoms with Crippen molar-refractivity contribution in [2.24, 2.45) is 0 Å². The molecule has 0 saturated heterocycles. The van der Waals surface area contributed by atoms with Gasteiger partial charge in [0.15, 0.2) is 11.0 Å². The Morgan fingerprint density at radius 2 is 1.82 bits per heavy atom. The number of hydrogen-bond donors (Lipinski definition) is 1. The topological polar surface area (TPSA) is 108 Å². The zero-order chi connectivity index (χ0) is 23.9. The number of para-hydroxylation sites is 2. The minimum Gasteiger partial charge on any atom is -0.496 e. The fourth-order valence-electron chi connectivity index (χ4n) is 3.32. The first-order valence-electron chi connectivity index (χ1n) is 10.3. The molecule has 4 rings (SSSR count). The fourth-order valence-corrected chi connectivity index (χ4v) is 4.06. The summed E-state index contributed by atoms with van der Waals surface area (Å²) in [5, 5.41) is 12.0. The van der Waals surface area contributed by atoms with E-state index in [1.165, 1.54) is 18.9 Å². The standard InChI is InChI=1S/C24H22N4O5S/c1-31-20-12-6-4-10-18(20)22-26-27-24(28(22)14-16-8-7-13-33-16)34-15-21(29)25-19-11-5-3-9-17(19)23(30)32-2/h3-13H,14-15H2,1-2H3,(H,25,29). The summed E-state index contributed by atoms with van der Waals surface area (Å²) in [5.74, 6) is 1.19. The Morgan fingerprint density at radius 1 is 1.03 bits per heavy atom. The van der Waals surface area contributed by atoms with Gasteiger partial charge < -0.3 is 19.2 Å². The van der Waals surface area contributed by atoms with Crippen LogP contribution in [0.5, 0.6) is 5.75 Å². The van der Waals surface area contributed by atoms with Gasteiger partial charge in [-0.25, -0.2) is 4.79 Å². The molecule has 4 aromatic rings. The van der Waals surface area contributed by atoms with Gasteiger partial charge in [-0.05, 0) is 36.4 Å². The summed E-state index contributed by atoms with van der Waals surface area (Å²) in [4.78, 5) is 24.6. The first-order valence-corrected chi connectivity index (χ1v) is 11.3. The summed E-state index contributed by atoms with van der Waals surface area (Å²) >= 11 is 1.22. The van der Waals surface area contributed by atoms with Crippen LogP contribution in [0.3, 0.4) is 0 Å². The molecule has 1 N–H and O–H groups in total. The van der Waals surface area contributed by atoms with Crippen LogP contribution in [0.4, 0.5) is 5.69 Å². The van der Waals surface area contributed by atoms with Gasteiger partial charge in [-0.3, -0.25) is 9.36 Å². The van der Waals surface area contributed by atoms with Gasteiger partial charge in [0.25, 0.3) is 0 Å². The molecular formula is C24H22N4O5S. The molecule has 0 aliphatic carbocycles. The molecule has 34 heavy (non-hydrogen) atoms. The number of nitrogens with one attached hydrogen (secondary N) is 1. The minimum atomic E-state index is -0.525. The number of anilines is 1. The average molecular weight is 479 g/mol. The van der Waals surface area contributed by atoms with E-state index in [1.807, 2.05) is 41.0 Å². The van der Waals surface area contributed by atoms with Gasteiger partial charge in [0.05, 0.1) is 49.6 Å². The van der Waals surface area contributed by atoms with E-state index in [0.717, 1.165) is 5.56 Å². The minimum absolute atomic E-state index is 0.0533. The van der Waals surface area contributed by atoms with Crippen LogP contribution in [0.1, 0.15) is 16.1 Å². The third kappa shape index (κ3) is 5.12. The van der Waals surface area contributed by atoms with Crippen molar-refractivity contribution >= 4 is 29.3 Å². The van der Waals surface area contributed by atoms with Gasteiger partial charge in [-0.2, -0.15) is 0 Å². The molecule has 0 saturated carbocycles. The number of methoxy groups -OCH3 is 2. The maximum Gasteiger partial charge on any atom is 0.339 e. The number of amides is 1. The molecular weight excluding hydrogens is 456 g/mol. The lowest BCUT2D eigenvalue weighted by molar-refractivity contribution is -0.113. The lowest BCUT2D eigenvalue weighted by atomic mass is 10.2. The first-order chi connectivity index (χ1) is 16.6. The lowest BCUT2D eigenvalue weighted by Gasteiger charge is -2.12. The molecule has 0 bridgehead atoms. The number of furan rings is 1. The van der Waals surface area contributed by atoms with Crippen molar-refractivity contribution in [3.8, 4) is 17.1 Å².